The third-order valence-electron chi connectivity index (χ3n) is 6.47. The van der Waals surface area contributed by atoms with Crippen LogP contribution in [-0.2, 0) is 13.2 Å². The predicted molar refractivity (Wildman–Crippen MR) is 131 cm³/mol. The number of nitrogens with zero attached hydrogens (tertiary/aromatic N) is 4. The van der Waals surface area contributed by atoms with Gasteiger partial charge in [0, 0.05) is 18.9 Å². The second-order valence-corrected chi connectivity index (χ2v) is 10.0. The molecule has 1 saturated heterocycles. The van der Waals surface area contributed by atoms with Gasteiger partial charge in [-0.15, -0.1) is 10.2 Å². The van der Waals surface area contributed by atoms with Crippen LogP contribution < -0.4 is 5.56 Å². The molecule has 0 bridgehead atoms. The Balaban J connectivity index is 1.26. The molecule has 1 unspecified atom stereocenters. The summed E-state index contributed by atoms with van der Waals surface area (Å²) in [5.74, 6) is 1.83. The van der Waals surface area contributed by atoms with Crippen LogP contribution in [0, 0.1) is 0 Å². The van der Waals surface area contributed by atoms with Crippen LogP contribution in [0.2, 0.25) is 0 Å². The highest BCUT2D eigenvalue weighted by Gasteiger charge is 2.30. The largest absolute Gasteiger partial charge is 0.416 e. The number of halogens is 3. The van der Waals surface area contributed by atoms with Gasteiger partial charge in [0.2, 0.25) is 5.56 Å². The Morgan fingerprint density at radius 2 is 1.86 bits per heavy atom. The fraction of sp³-hybridized carbons (Fsp3) is 0.480. The van der Waals surface area contributed by atoms with Gasteiger partial charge in [0.1, 0.15) is 0 Å². The number of pyridine rings is 1. The molecule has 1 atom stereocenters. The van der Waals surface area contributed by atoms with Gasteiger partial charge in [0.15, 0.2) is 11.0 Å². The van der Waals surface area contributed by atoms with Crippen molar-refractivity contribution in [1.82, 2.24) is 24.6 Å². The highest BCUT2D eigenvalue weighted by Crippen LogP contribution is 2.33. The standard InChI is InChI=1S/C25H30F3N5OS/c1-32-23(21-7-4-8-22(34)29-21)30-31-24(32)35-17-5-15-33-14-3-2-6-18(13-16-33)19-9-11-20(12-10-19)25(26,27)28/h4,7-12,18H,2-3,5-6,13-17H2,1H3,(H,29,34). The number of H-pyrrole nitrogens is 1. The van der Waals surface area contributed by atoms with E-state index in [4.69, 9.17) is 0 Å². The molecule has 0 radical (unpaired) electrons. The van der Waals surface area contributed by atoms with Crippen molar-refractivity contribution < 1.29 is 13.2 Å². The summed E-state index contributed by atoms with van der Waals surface area (Å²) in [6.07, 6.45) is 0.879. The van der Waals surface area contributed by atoms with Crippen LogP contribution >= 0.6 is 11.8 Å². The maximum absolute atomic E-state index is 12.9. The number of aromatic amines is 1. The number of nitrogens with one attached hydrogen (secondary N) is 1. The molecule has 4 rings (SSSR count). The second-order valence-electron chi connectivity index (χ2n) is 8.94. The number of thioether (sulfide) groups is 1. The Hall–Kier alpha value is -2.59. The van der Waals surface area contributed by atoms with Gasteiger partial charge in [-0.1, -0.05) is 36.4 Å². The zero-order chi connectivity index (χ0) is 24.8. The molecule has 0 aliphatic carbocycles. The molecule has 188 valence electrons. The van der Waals surface area contributed by atoms with Crippen LogP contribution in [0.5, 0.6) is 0 Å². The Labute approximate surface area is 207 Å². The van der Waals surface area contributed by atoms with Crippen molar-refractivity contribution in [2.75, 3.05) is 25.4 Å². The van der Waals surface area contributed by atoms with Crippen LogP contribution in [0.25, 0.3) is 11.5 Å². The van der Waals surface area contributed by atoms with E-state index in [9.17, 15) is 18.0 Å². The number of benzene rings is 1. The van der Waals surface area contributed by atoms with Gasteiger partial charge in [0.05, 0.1) is 11.3 Å². The lowest BCUT2D eigenvalue weighted by molar-refractivity contribution is -0.137. The molecule has 10 heteroatoms. The minimum Gasteiger partial charge on any atom is -0.319 e. The van der Waals surface area contributed by atoms with Gasteiger partial charge in [0.25, 0.3) is 0 Å². The molecule has 2 aromatic heterocycles. The smallest absolute Gasteiger partial charge is 0.319 e. The molecule has 1 fully saturated rings. The number of alkyl halides is 3. The molecule has 1 N–H and O–H groups in total. The van der Waals surface area contributed by atoms with Crippen molar-refractivity contribution in [3.05, 3.63) is 63.9 Å². The maximum atomic E-state index is 12.9. The molecule has 6 nitrogen and oxygen atoms in total. The molecular weight excluding hydrogens is 475 g/mol. The summed E-state index contributed by atoms with van der Waals surface area (Å²) >= 11 is 1.64. The molecule has 0 amide bonds. The maximum Gasteiger partial charge on any atom is 0.416 e. The van der Waals surface area contributed by atoms with E-state index in [1.54, 1.807) is 36.0 Å². The summed E-state index contributed by atoms with van der Waals surface area (Å²) in [5.41, 5.74) is 0.891. The van der Waals surface area contributed by atoms with Crippen molar-refractivity contribution in [2.45, 2.75) is 49.4 Å². The van der Waals surface area contributed by atoms with Gasteiger partial charge < -0.3 is 14.5 Å². The summed E-state index contributed by atoms with van der Waals surface area (Å²) in [4.78, 5) is 16.8. The average molecular weight is 506 g/mol. The summed E-state index contributed by atoms with van der Waals surface area (Å²) in [7, 11) is 1.89. The van der Waals surface area contributed by atoms with Gasteiger partial charge in [-0.3, -0.25) is 4.79 Å². The lowest BCUT2D eigenvalue weighted by atomic mass is 9.88. The SMILES string of the molecule is Cn1c(SCCCN2CCCCC(c3ccc(C(F)(F)F)cc3)CC2)nnc1-c1cccc(=O)[nH]1. The lowest BCUT2D eigenvalue weighted by Crippen LogP contribution is -2.30. The van der Waals surface area contributed by atoms with Crippen LogP contribution in [0.3, 0.4) is 0 Å². The van der Waals surface area contributed by atoms with Crippen LogP contribution in [-0.4, -0.2) is 50.0 Å². The number of likely N-dealkylation sites (tertiary alicyclic amines) is 1. The van der Waals surface area contributed by atoms with E-state index in [1.807, 2.05) is 11.6 Å². The van der Waals surface area contributed by atoms with Gasteiger partial charge >= 0.3 is 6.18 Å². The summed E-state index contributed by atoms with van der Waals surface area (Å²) in [6.45, 7) is 2.98. The first-order valence-electron chi connectivity index (χ1n) is 11.9. The van der Waals surface area contributed by atoms with Crippen molar-refractivity contribution in [1.29, 1.82) is 0 Å². The first-order valence-corrected chi connectivity index (χ1v) is 12.9. The van der Waals surface area contributed by atoms with E-state index < -0.39 is 11.7 Å². The van der Waals surface area contributed by atoms with Crippen molar-refractivity contribution in [3.63, 3.8) is 0 Å². The van der Waals surface area contributed by atoms with Crippen molar-refractivity contribution >= 4 is 11.8 Å². The normalized spacial score (nSPS) is 17.8. The van der Waals surface area contributed by atoms with Crippen LogP contribution in [0.15, 0.2) is 52.4 Å². The van der Waals surface area contributed by atoms with Gasteiger partial charge in [-0.25, -0.2) is 0 Å². The van der Waals surface area contributed by atoms with E-state index in [2.05, 4.69) is 20.1 Å². The zero-order valence-corrected chi connectivity index (χ0v) is 20.5. The predicted octanol–water partition coefficient (Wildman–Crippen LogP) is 5.33. The quantitative estimate of drug-likeness (QED) is 0.347. The minimum atomic E-state index is -4.29. The Morgan fingerprint density at radius 3 is 2.60 bits per heavy atom. The first-order chi connectivity index (χ1) is 16.8. The molecule has 3 heterocycles. The summed E-state index contributed by atoms with van der Waals surface area (Å²) in [5, 5.41) is 9.30. The molecular formula is C25H30F3N5OS. The van der Waals surface area contributed by atoms with Crippen molar-refractivity contribution in [2.24, 2.45) is 7.05 Å². The monoisotopic (exact) mass is 505 g/mol. The summed E-state index contributed by atoms with van der Waals surface area (Å²) in [6, 6.07) is 10.7. The molecule has 35 heavy (non-hydrogen) atoms. The van der Waals surface area contributed by atoms with E-state index in [1.165, 1.54) is 18.2 Å². The fourth-order valence-corrected chi connectivity index (χ4v) is 5.36. The Kier molecular flexibility index (Phi) is 8.33. The highest BCUT2D eigenvalue weighted by atomic mass is 32.2. The number of aromatic nitrogens is 4. The molecule has 0 spiro atoms. The van der Waals surface area contributed by atoms with Gasteiger partial charge in [-0.2, -0.15) is 13.2 Å². The summed E-state index contributed by atoms with van der Waals surface area (Å²) < 4.78 is 40.5. The topological polar surface area (TPSA) is 66.8 Å². The minimum absolute atomic E-state index is 0.173. The Bertz CT molecular complexity index is 1160. The zero-order valence-electron chi connectivity index (χ0n) is 19.7. The molecule has 1 aromatic carbocycles. The average Bonchev–Trinajstić information content (AvgIpc) is 3.18. The van der Waals surface area contributed by atoms with E-state index in [0.717, 1.165) is 68.2 Å². The second kappa shape index (κ2) is 11.4. The molecule has 0 saturated carbocycles. The lowest BCUT2D eigenvalue weighted by Gasteiger charge is -2.28. The highest BCUT2D eigenvalue weighted by molar-refractivity contribution is 7.99. The van der Waals surface area contributed by atoms with Crippen LogP contribution in [0.1, 0.15) is 49.1 Å². The van der Waals surface area contributed by atoms with E-state index >= 15 is 0 Å². The van der Waals surface area contributed by atoms with Crippen molar-refractivity contribution in [3.8, 4) is 11.5 Å². The number of hydrogen-bond acceptors (Lipinski definition) is 5. The molecule has 1 aliphatic rings. The third-order valence-corrected chi connectivity index (χ3v) is 7.58. The number of rotatable bonds is 7. The Morgan fingerprint density at radius 1 is 1.06 bits per heavy atom. The number of hydrogen-bond donors (Lipinski definition) is 1. The van der Waals surface area contributed by atoms with E-state index in [0.29, 0.717) is 17.4 Å². The van der Waals surface area contributed by atoms with Gasteiger partial charge in [-0.05, 0) is 75.0 Å². The fourth-order valence-electron chi connectivity index (χ4n) is 4.53. The van der Waals surface area contributed by atoms with E-state index in [-0.39, 0.29) is 5.56 Å². The molecule has 3 aromatic rings. The third kappa shape index (κ3) is 6.76. The molecule has 1 aliphatic heterocycles. The van der Waals surface area contributed by atoms with Crippen LogP contribution in [0.4, 0.5) is 13.2 Å². The first kappa shape index (κ1) is 25.5.